The van der Waals surface area contributed by atoms with Gasteiger partial charge in [-0.05, 0) is 36.5 Å². The first-order chi connectivity index (χ1) is 8.38. The van der Waals surface area contributed by atoms with Crippen LogP contribution in [0.2, 0.25) is 0 Å². The molecule has 0 saturated heterocycles. The van der Waals surface area contributed by atoms with Crippen LogP contribution in [0.15, 0.2) is 24.3 Å². The SMILES string of the molecule is IOOc1ccc(CCC2CCCCC2)cc1. The van der Waals surface area contributed by atoms with E-state index < -0.39 is 0 Å². The van der Waals surface area contributed by atoms with E-state index in [2.05, 4.69) is 15.3 Å². The first-order valence-corrected chi connectivity index (χ1v) is 7.31. The van der Waals surface area contributed by atoms with Crippen molar-refractivity contribution in [2.45, 2.75) is 44.9 Å². The monoisotopic (exact) mass is 346 g/mol. The molecule has 1 aliphatic rings. The molecule has 0 radical (unpaired) electrons. The highest BCUT2D eigenvalue weighted by atomic mass is 127. The standard InChI is InChI=1S/C14H19IO2/c15-17-16-14-10-8-13(9-11-14)7-6-12-4-2-1-3-5-12/h8-12H,1-7H2. The van der Waals surface area contributed by atoms with Crippen molar-refractivity contribution in [1.29, 1.82) is 0 Å². The van der Waals surface area contributed by atoms with Gasteiger partial charge < -0.3 is 4.89 Å². The molecule has 0 spiro atoms. The second kappa shape index (κ2) is 7.21. The van der Waals surface area contributed by atoms with Gasteiger partial charge in [0.1, 0.15) is 0 Å². The molecule has 0 unspecified atom stereocenters. The fraction of sp³-hybridized carbons (Fsp3) is 0.571. The minimum absolute atomic E-state index is 0.765. The summed E-state index contributed by atoms with van der Waals surface area (Å²) in [6, 6.07) is 8.20. The maximum atomic E-state index is 4.94. The third-order valence-electron chi connectivity index (χ3n) is 3.62. The lowest BCUT2D eigenvalue weighted by molar-refractivity contribution is -0.0471. The first kappa shape index (κ1) is 13.1. The average molecular weight is 346 g/mol. The van der Waals surface area contributed by atoms with Gasteiger partial charge in [0.25, 0.3) is 0 Å². The molecule has 3 heteroatoms. The molecule has 0 aromatic heterocycles. The topological polar surface area (TPSA) is 18.5 Å². The van der Waals surface area contributed by atoms with Gasteiger partial charge in [0.2, 0.25) is 0 Å². The van der Waals surface area contributed by atoms with Crippen molar-refractivity contribution in [2.24, 2.45) is 5.92 Å². The molecule has 1 saturated carbocycles. The van der Waals surface area contributed by atoms with Gasteiger partial charge in [-0.25, -0.2) is 0 Å². The van der Waals surface area contributed by atoms with E-state index in [1.165, 1.54) is 50.5 Å². The summed E-state index contributed by atoms with van der Waals surface area (Å²) in [4.78, 5) is 4.94. The van der Waals surface area contributed by atoms with Crippen molar-refractivity contribution in [2.75, 3.05) is 0 Å². The Balaban J connectivity index is 1.77. The van der Waals surface area contributed by atoms with Gasteiger partial charge in [-0.15, -0.1) is 3.22 Å². The lowest BCUT2D eigenvalue weighted by Crippen LogP contribution is -2.07. The van der Waals surface area contributed by atoms with Gasteiger partial charge in [-0.2, -0.15) is 0 Å². The summed E-state index contributed by atoms with van der Waals surface area (Å²) in [5.74, 6) is 1.72. The van der Waals surface area contributed by atoms with Gasteiger partial charge in [-0.3, -0.25) is 0 Å². The van der Waals surface area contributed by atoms with Crippen LogP contribution < -0.4 is 4.89 Å². The van der Waals surface area contributed by atoms with Crippen LogP contribution in [0.25, 0.3) is 0 Å². The summed E-state index contributed by atoms with van der Waals surface area (Å²) < 4.78 is 4.59. The molecule has 94 valence electrons. The number of hydrogen-bond donors (Lipinski definition) is 0. The molecule has 1 aromatic rings. The number of benzene rings is 1. The fourth-order valence-electron chi connectivity index (χ4n) is 2.59. The first-order valence-electron chi connectivity index (χ1n) is 6.42. The molecule has 0 heterocycles. The molecule has 2 rings (SSSR count). The third-order valence-corrected chi connectivity index (χ3v) is 3.80. The van der Waals surface area contributed by atoms with E-state index >= 15 is 0 Å². The van der Waals surface area contributed by atoms with Gasteiger partial charge in [0.05, 0.1) is 0 Å². The quantitative estimate of drug-likeness (QED) is 0.431. The van der Waals surface area contributed by atoms with Crippen molar-refractivity contribution >= 4 is 23.0 Å². The Bertz CT molecular complexity index is 317. The van der Waals surface area contributed by atoms with Crippen molar-refractivity contribution in [3.63, 3.8) is 0 Å². The zero-order chi connectivity index (χ0) is 11.9. The van der Waals surface area contributed by atoms with Crippen molar-refractivity contribution in [3.8, 4) is 5.75 Å². The lowest BCUT2D eigenvalue weighted by atomic mass is 9.85. The molecule has 0 N–H and O–H groups in total. The molecule has 2 nitrogen and oxygen atoms in total. The van der Waals surface area contributed by atoms with E-state index in [-0.39, 0.29) is 0 Å². The van der Waals surface area contributed by atoms with Crippen LogP contribution in [-0.4, -0.2) is 0 Å². The molecule has 0 atom stereocenters. The number of rotatable bonds is 5. The highest BCUT2D eigenvalue weighted by Crippen LogP contribution is 2.27. The van der Waals surface area contributed by atoms with Crippen LogP contribution in [0.3, 0.4) is 0 Å². The van der Waals surface area contributed by atoms with Crippen LogP contribution in [-0.2, 0) is 9.64 Å². The van der Waals surface area contributed by atoms with Gasteiger partial charge in [0.15, 0.2) is 28.8 Å². The highest BCUT2D eigenvalue weighted by Gasteiger charge is 2.12. The summed E-state index contributed by atoms with van der Waals surface area (Å²) >= 11 is 1.72. The Morgan fingerprint density at radius 2 is 1.76 bits per heavy atom. The van der Waals surface area contributed by atoms with Crippen LogP contribution in [0.4, 0.5) is 0 Å². The zero-order valence-electron chi connectivity index (χ0n) is 10.0. The predicted molar refractivity (Wildman–Crippen MR) is 77.1 cm³/mol. The Kier molecular flexibility index (Phi) is 5.58. The van der Waals surface area contributed by atoms with Crippen LogP contribution >= 0.6 is 23.0 Å². The molecule has 17 heavy (non-hydrogen) atoms. The van der Waals surface area contributed by atoms with Crippen LogP contribution in [0, 0.1) is 5.92 Å². The number of aryl methyl sites for hydroxylation is 1. The normalized spacial score (nSPS) is 17.0. The van der Waals surface area contributed by atoms with Crippen molar-refractivity contribution in [1.82, 2.24) is 0 Å². The van der Waals surface area contributed by atoms with Crippen molar-refractivity contribution in [3.05, 3.63) is 29.8 Å². The lowest BCUT2D eigenvalue weighted by Gasteiger charge is -2.21. The molecule has 1 aliphatic carbocycles. The molecule has 0 aliphatic heterocycles. The summed E-state index contributed by atoms with van der Waals surface area (Å²) in [5.41, 5.74) is 1.40. The van der Waals surface area contributed by atoms with E-state index in [4.69, 9.17) is 4.89 Å². The largest absolute Gasteiger partial charge is 0.327 e. The smallest absolute Gasteiger partial charge is 0.170 e. The average Bonchev–Trinajstić information content (AvgIpc) is 2.40. The Labute approximate surface area is 117 Å². The van der Waals surface area contributed by atoms with E-state index in [1.807, 2.05) is 12.1 Å². The second-order valence-electron chi connectivity index (χ2n) is 4.83. The summed E-state index contributed by atoms with van der Waals surface area (Å²) in [6.07, 6.45) is 9.71. The fourth-order valence-corrected chi connectivity index (χ4v) is 2.80. The predicted octanol–water partition coefficient (Wildman–Crippen LogP) is 4.86. The van der Waals surface area contributed by atoms with E-state index in [0.29, 0.717) is 0 Å². The minimum atomic E-state index is 0.765. The Morgan fingerprint density at radius 1 is 1.06 bits per heavy atom. The second-order valence-corrected chi connectivity index (χ2v) is 5.19. The molecule has 0 bridgehead atoms. The van der Waals surface area contributed by atoms with E-state index in [9.17, 15) is 0 Å². The maximum Gasteiger partial charge on any atom is 0.170 e. The molecule has 0 amide bonds. The zero-order valence-corrected chi connectivity index (χ0v) is 12.2. The third kappa shape index (κ3) is 4.47. The van der Waals surface area contributed by atoms with Crippen LogP contribution in [0.1, 0.15) is 44.1 Å². The number of hydrogen-bond acceptors (Lipinski definition) is 2. The Hall–Kier alpha value is -0.290. The van der Waals surface area contributed by atoms with Crippen molar-refractivity contribution < 1.29 is 8.10 Å². The molecule has 1 aromatic carbocycles. The van der Waals surface area contributed by atoms with Gasteiger partial charge in [-0.1, -0.05) is 44.2 Å². The summed E-state index contributed by atoms with van der Waals surface area (Å²) in [6.45, 7) is 0. The molecular weight excluding hydrogens is 327 g/mol. The van der Waals surface area contributed by atoms with Gasteiger partial charge in [0, 0.05) is 0 Å². The van der Waals surface area contributed by atoms with Crippen LogP contribution in [0.5, 0.6) is 5.75 Å². The summed E-state index contributed by atoms with van der Waals surface area (Å²) in [5, 5.41) is 0. The van der Waals surface area contributed by atoms with E-state index in [0.717, 1.165) is 11.7 Å². The highest BCUT2D eigenvalue weighted by molar-refractivity contribution is 14.1. The molecular formula is C14H19IO2. The molecule has 1 fully saturated rings. The van der Waals surface area contributed by atoms with E-state index in [1.54, 1.807) is 23.0 Å². The van der Waals surface area contributed by atoms with Gasteiger partial charge >= 0.3 is 0 Å². The summed E-state index contributed by atoms with van der Waals surface area (Å²) in [7, 11) is 0. The maximum absolute atomic E-state index is 4.94. The minimum Gasteiger partial charge on any atom is -0.327 e. The Morgan fingerprint density at radius 3 is 2.41 bits per heavy atom. The number of halogens is 1.